The van der Waals surface area contributed by atoms with Gasteiger partial charge in [0.25, 0.3) is 0 Å². The van der Waals surface area contributed by atoms with Crippen molar-refractivity contribution >= 4 is 42.4 Å². The second kappa shape index (κ2) is 9.05. The molecule has 0 atom stereocenters. The number of methoxy groups -OCH3 is 1. The van der Waals surface area contributed by atoms with Gasteiger partial charge in [-0.1, -0.05) is 34.1 Å². The largest absolute Gasteiger partial charge is 0.496 e. The van der Waals surface area contributed by atoms with E-state index in [2.05, 4.69) is 26.2 Å². The average molecular weight is 508 g/mol. The highest BCUT2D eigenvalue weighted by Crippen LogP contribution is 2.27. The third-order valence-electron chi connectivity index (χ3n) is 5.06. The van der Waals surface area contributed by atoms with Gasteiger partial charge in [0.2, 0.25) is 10.0 Å². The standard InChI is InChI=1S/C21H22BrN3O3S2/c1-28-20-5-3-2-4-16(20)14-18-15-29-21(23-18)24-10-12-25(13-11-24)30(26,27)19-8-6-17(22)7-9-19/h2-9,15H,10-14H2,1H3. The lowest BCUT2D eigenvalue weighted by Crippen LogP contribution is -2.48. The number of nitrogens with zero attached hydrogens (tertiary/aromatic N) is 3. The van der Waals surface area contributed by atoms with Crippen molar-refractivity contribution in [3.63, 3.8) is 0 Å². The summed E-state index contributed by atoms with van der Waals surface area (Å²) in [5.74, 6) is 0.860. The Labute approximate surface area is 189 Å². The maximum atomic E-state index is 12.9. The molecule has 0 unspecified atom stereocenters. The molecule has 1 aliphatic heterocycles. The lowest BCUT2D eigenvalue weighted by atomic mass is 10.1. The summed E-state index contributed by atoms with van der Waals surface area (Å²) >= 11 is 4.94. The van der Waals surface area contributed by atoms with Crippen LogP contribution in [0.15, 0.2) is 63.3 Å². The summed E-state index contributed by atoms with van der Waals surface area (Å²) < 4.78 is 33.6. The maximum Gasteiger partial charge on any atom is 0.243 e. The van der Waals surface area contributed by atoms with E-state index in [1.54, 1.807) is 47.0 Å². The average Bonchev–Trinajstić information content (AvgIpc) is 3.23. The number of para-hydroxylation sites is 1. The first-order valence-corrected chi connectivity index (χ1v) is 12.7. The number of aromatic nitrogens is 1. The van der Waals surface area contributed by atoms with E-state index in [4.69, 9.17) is 9.72 Å². The fourth-order valence-corrected chi connectivity index (χ4v) is 6.01. The van der Waals surface area contributed by atoms with Crippen LogP contribution in [0.1, 0.15) is 11.3 Å². The van der Waals surface area contributed by atoms with Gasteiger partial charge < -0.3 is 9.64 Å². The Morgan fingerprint density at radius 1 is 1.07 bits per heavy atom. The highest BCUT2D eigenvalue weighted by atomic mass is 79.9. The number of benzene rings is 2. The molecule has 1 saturated heterocycles. The number of rotatable bonds is 6. The molecule has 0 spiro atoms. The van der Waals surface area contributed by atoms with Gasteiger partial charge in [0.1, 0.15) is 5.75 Å². The summed E-state index contributed by atoms with van der Waals surface area (Å²) in [5, 5.41) is 2.99. The minimum absolute atomic E-state index is 0.326. The SMILES string of the molecule is COc1ccccc1Cc1csc(N2CCN(S(=O)(=O)c3ccc(Br)cc3)CC2)n1. The van der Waals surface area contributed by atoms with Crippen LogP contribution in [0.3, 0.4) is 0 Å². The Bertz CT molecular complexity index is 1110. The van der Waals surface area contributed by atoms with Gasteiger partial charge in [-0.2, -0.15) is 4.31 Å². The minimum atomic E-state index is -3.47. The fourth-order valence-electron chi connectivity index (χ4n) is 3.44. The summed E-state index contributed by atoms with van der Waals surface area (Å²) in [6, 6.07) is 14.7. The van der Waals surface area contributed by atoms with E-state index < -0.39 is 10.0 Å². The summed E-state index contributed by atoms with van der Waals surface area (Å²) in [7, 11) is -1.80. The molecular formula is C21H22BrN3O3S2. The van der Waals surface area contributed by atoms with Gasteiger partial charge >= 0.3 is 0 Å². The van der Waals surface area contributed by atoms with E-state index in [0.717, 1.165) is 26.6 Å². The van der Waals surface area contributed by atoms with Crippen molar-refractivity contribution in [1.29, 1.82) is 0 Å². The number of halogens is 1. The molecule has 1 aliphatic rings. The number of hydrogen-bond donors (Lipinski definition) is 0. The lowest BCUT2D eigenvalue weighted by molar-refractivity contribution is 0.384. The second-order valence-electron chi connectivity index (χ2n) is 6.96. The first kappa shape index (κ1) is 21.3. The Hall–Kier alpha value is -1.94. The van der Waals surface area contributed by atoms with Crippen LogP contribution in [0, 0.1) is 0 Å². The molecule has 0 amide bonds. The van der Waals surface area contributed by atoms with Crippen LogP contribution in [-0.4, -0.2) is 51.0 Å². The number of hydrogen-bond acceptors (Lipinski definition) is 6. The van der Waals surface area contributed by atoms with Crippen LogP contribution < -0.4 is 9.64 Å². The molecule has 0 bridgehead atoms. The van der Waals surface area contributed by atoms with Crippen molar-refractivity contribution < 1.29 is 13.2 Å². The van der Waals surface area contributed by atoms with Gasteiger partial charge in [-0.3, -0.25) is 0 Å². The number of piperazine rings is 1. The van der Waals surface area contributed by atoms with Crippen molar-refractivity contribution in [2.24, 2.45) is 0 Å². The van der Waals surface area contributed by atoms with Gasteiger partial charge in [0.15, 0.2) is 5.13 Å². The molecule has 0 saturated carbocycles. The van der Waals surface area contributed by atoms with E-state index >= 15 is 0 Å². The van der Waals surface area contributed by atoms with Gasteiger partial charge in [-0.05, 0) is 30.3 Å². The lowest BCUT2D eigenvalue weighted by Gasteiger charge is -2.33. The van der Waals surface area contributed by atoms with Crippen molar-refractivity contribution in [3.8, 4) is 5.75 Å². The van der Waals surface area contributed by atoms with Gasteiger partial charge in [-0.15, -0.1) is 11.3 Å². The molecule has 0 radical (unpaired) electrons. The number of thiazole rings is 1. The molecule has 9 heteroatoms. The molecule has 3 aromatic rings. The molecule has 1 fully saturated rings. The van der Waals surface area contributed by atoms with E-state index in [1.165, 1.54) is 0 Å². The van der Waals surface area contributed by atoms with Crippen LogP contribution in [-0.2, 0) is 16.4 Å². The van der Waals surface area contributed by atoms with E-state index in [-0.39, 0.29) is 0 Å². The van der Waals surface area contributed by atoms with Gasteiger partial charge in [-0.25, -0.2) is 13.4 Å². The van der Waals surface area contributed by atoms with E-state index in [1.807, 2.05) is 24.3 Å². The van der Waals surface area contributed by atoms with Crippen molar-refractivity contribution in [2.45, 2.75) is 11.3 Å². The molecule has 2 heterocycles. The third-order valence-corrected chi connectivity index (χ3v) is 8.46. The molecule has 30 heavy (non-hydrogen) atoms. The topological polar surface area (TPSA) is 62.7 Å². The predicted molar refractivity (Wildman–Crippen MR) is 123 cm³/mol. The molecule has 0 aliphatic carbocycles. The molecular weight excluding hydrogens is 486 g/mol. The number of ether oxygens (including phenoxy) is 1. The highest BCUT2D eigenvalue weighted by molar-refractivity contribution is 9.10. The second-order valence-corrected chi connectivity index (χ2v) is 10.6. The summed E-state index contributed by atoms with van der Waals surface area (Å²) in [6.45, 7) is 2.13. The molecule has 2 aromatic carbocycles. The van der Waals surface area contributed by atoms with Crippen LogP contribution in [0.25, 0.3) is 0 Å². The zero-order chi connectivity index (χ0) is 21.1. The summed E-state index contributed by atoms with van der Waals surface area (Å²) in [5.41, 5.74) is 2.09. The van der Waals surface area contributed by atoms with Gasteiger partial charge in [0, 0.05) is 48.0 Å². The number of sulfonamides is 1. The van der Waals surface area contributed by atoms with Crippen molar-refractivity contribution in [2.75, 3.05) is 38.2 Å². The Kier molecular flexibility index (Phi) is 6.43. The number of anilines is 1. The zero-order valence-electron chi connectivity index (χ0n) is 16.5. The predicted octanol–water partition coefficient (Wildman–Crippen LogP) is 4.02. The van der Waals surface area contributed by atoms with Gasteiger partial charge in [0.05, 0.1) is 17.7 Å². The third kappa shape index (κ3) is 4.54. The first-order valence-electron chi connectivity index (χ1n) is 9.54. The Balaban J connectivity index is 1.40. The van der Waals surface area contributed by atoms with Crippen LogP contribution >= 0.6 is 27.3 Å². The first-order chi connectivity index (χ1) is 14.5. The summed E-state index contributed by atoms with van der Waals surface area (Å²) in [6.07, 6.45) is 0.707. The Morgan fingerprint density at radius 3 is 2.47 bits per heavy atom. The zero-order valence-corrected chi connectivity index (χ0v) is 19.7. The molecule has 158 valence electrons. The van der Waals surface area contributed by atoms with E-state index in [0.29, 0.717) is 37.5 Å². The van der Waals surface area contributed by atoms with E-state index in [9.17, 15) is 8.42 Å². The highest BCUT2D eigenvalue weighted by Gasteiger charge is 2.29. The smallest absolute Gasteiger partial charge is 0.243 e. The minimum Gasteiger partial charge on any atom is -0.496 e. The summed E-state index contributed by atoms with van der Waals surface area (Å²) in [4.78, 5) is 7.26. The van der Waals surface area contributed by atoms with Crippen LogP contribution in [0.5, 0.6) is 5.75 Å². The fraction of sp³-hybridized carbons (Fsp3) is 0.286. The van der Waals surface area contributed by atoms with Crippen LogP contribution in [0.4, 0.5) is 5.13 Å². The molecule has 4 rings (SSSR count). The molecule has 6 nitrogen and oxygen atoms in total. The Morgan fingerprint density at radius 2 is 1.77 bits per heavy atom. The molecule has 0 N–H and O–H groups in total. The van der Waals surface area contributed by atoms with Crippen molar-refractivity contribution in [3.05, 3.63) is 69.6 Å². The quantitative estimate of drug-likeness (QED) is 0.504. The van der Waals surface area contributed by atoms with Crippen molar-refractivity contribution in [1.82, 2.24) is 9.29 Å². The molecule has 1 aromatic heterocycles. The maximum absolute atomic E-state index is 12.9. The monoisotopic (exact) mass is 507 g/mol. The van der Waals surface area contributed by atoms with Crippen LogP contribution in [0.2, 0.25) is 0 Å². The normalized spacial score (nSPS) is 15.3.